The maximum Gasteiger partial charge on any atom is 0.117 e. The van der Waals surface area contributed by atoms with E-state index in [1.165, 1.54) is 49.9 Å². The van der Waals surface area contributed by atoms with E-state index in [4.69, 9.17) is 10.7 Å². The Morgan fingerprint density at radius 2 is 1.86 bits per heavy atom. The number of aryl methyl sites for hydroxylation is 1. The average molecular weight is 285 g/mol. The number of hydrogen-bond acceptors (Lipinski definition) is 2. The van der Waals surface area contributed by atoms with E-state index in [-0.39, 0.29) is 5.41 Å². The van der Waals surface area contributed by atoms with Gasteiger partial charge in [-0.3, -0.25) is 0 Å². The topological polar surface area (TPSA) is 43.8 Å². The molecule has 3 nitrogen and oxygen atoms in total. The van der Waals surface area contributed by atoms with Gasteiger partial charge in [-0.2, -0.15) is 0 Å². The lowest BCUT2D eigenvalue weighted by atomic mass is 9.79. The van der Waals surface area contributed by atoms with Crippen molar-refractivity contribution in [2.24, 2.45) is 5.73 Å². The molecule has 2 aromatic rings. The second-order valence-corrected chi connectivity index (χ2v) is 6.47. The summed E-state index contributed by atoms with van der Waals surface area (Å²) in [6.45, 7) is 4.00. The Balaban J connectivity index is 2.14. The Bertz CT molecular complexity index is 592. The molecule has 0 radical (unpaired) electrons. The first-order valence-corrected chi connectivity index (χ1v) is 8.46. The van der Waals surface area contributed by atoms with Gasteiger partial charge < -0.3 is 10.3 Å². The SMILES string of the molecule is CCCn1c(C2(CN)CCCCCC2)nc2ccccc21. The van der Waals surface area contributed by atoms with Crippen LogP contribution in [0, 0.1) is 0 Å². The summed E-state index contributed by atoms with van der Waals surface area (Å²) in [4.78, 5) is 5.02. The lowest BCUT2D eigenvalue weighted by Gasteiger charge is -2.31. The second kappa shape index (κ2) is 6.18. The fourth-order valence-corrected chi connectivity index (χ4v) is 3.85. The van der Waals surface area contributed by atoms with Crippen LogP contribution in [0.1, 0.15) is 57.7 Å². The second-order valence-electron chi connectivity index (χ2n) is 6.47. The zero-order chi connectivity index (χ0) is 14.7. The molecule has 0 spiro atoms. The van der Waals surface area contributed by atoms with Crippen LogP contribution >= 0.6 is 0 Å². The van der Waals surface area contributed by atoms with E-state index in [1.54, 1.807) is 0 Å². The van der Waals surface area contributed by atoms with Crippen molar-refractivity contribution < 1.29 is 0 Å². The van der Waals surface area contributed by atoms with Gasteiger partial charge in [-0.1, -0.05) is 44.7 Å². The van der Waals surface area contributed by atoms with Crippen molar-refractivity contribution in [1.82, 2.24) is 9.55 Å². The van der Waals surface area contributed by atoms with Crippen molar-refractivity contribution in [1.29, 1.82) is 0 Å². The number of hydrogen-bond donors (Lipinski definition) is 1. The average Bonchev–Trinajstić information content (AvgIpc) is 2.72. The normalized spacial score (nSPS) is 18.8. The number of rotatable bonds is 4. The summed E-state index contributed by atoms with van der Waals surface area (Å²) < 4.78 is 2.44. The van der Waals surface area contributed by atoms with Crippen LogP contribution in [-0.2, 0) is 12.0 Å². The highest BCUT2D eigenvalue weighted by Crippen LogP contribution is 2.38. The molecule has 0 saturated heterocycles. The van der Waals surface area contributed by atoms with Crippen LogP contribution in [0.2, 0.25) is 0 Å². The van der Waals surface area contributed by atoms with Gasteiger partial charge in [0, 0.05) is 18.5 Å². The molecule has 1 fully saturated rings. The molecule has 0 aliphatic heterocycles. The molecular formula is C18H27N3. The van der Waals surface area contributed by atoms with Crippen LogP contribution < -0.4 is 5.73 Å². The number of benzene rings is 1. The molecule has 0 atom stereocenters. The zero-order valence-electron chi connectivity index (χ0n) is 13.1. The van der Waals surface area contributed by atoms with Gasteiger partial charge in [-0.05, 0) is 31.4 Å². The van der Waals surface area contributed by atoms with Crippen molar-refractivity contribution in [3.05, 3.63) is 30.1 Å². The molecule has 2 N–H and O–H groups in total. The Kier molecular flexibility index (Phi) is 4.29. The van der Waals surface area contributed by atoms with Gasteiger partial charge >= 0.3 is 0 Å². The van der Waals surface area contributed by atoms with E-state index in [0.29, 0.717) is 0 Å². The van der Waals surface area contributed by atoms with Gasteiger partial charge in [-0.15, -0.1) is 0 Å². The van der Waals surface area contributed by atoms with Gasteiger partial charge in [0.25, 0.3) is 0 Å². The smallest absolute Gasteiger partial charge is 0.117 e. The summed E-state index contributed by atoms with van der Waals surface area (Å²) in [6, 6.07) is 8.52. The molecule has 1 aromatic carbocycles. The standard InChI is InChI=1S/C18H27N3/c1-2-13-21-16-10-6-5-9-15(16)20-17(21)18(14-19)11-7-3-4-8-12-18/h5-6,9-10H,2-4,7-8,11-14,19H2,1H3. The van der Waals surface area contributed by atoms with Crippen molar-refractivity contribution in [2.45, 2.75) is 63.8 Å². The highest BCUT2D eigenvalue weighted by molar-refractivity contribution is 5.76. The summed E-state index contributed by atoms with van der Waals surface area (Å²) in [5, 5.41) is 0. The largest absolute Gasteiger partial charge is 0.329 e. The van der Waals surface area contributed by atoms with Crippen LogP contribution in [0.15, 0.2) is 24.3 Å². The summed E-state index contributed by atoms with van der Waals surface area (Å²) >= 11 is 0. The minimum atomic E-state index is 0.0880. The first-order valence-electron chi connectivity index (χ1n) is 8.46. The number of aromatic nitrogens is 2. The summed E-state index contributed by atoms with van der Waals surface area (Å²) in [7, 11) is 0. The molecule has 114 valence electrons. The third-order valence-corrected chi connectivity index (χ3v) is 5.03. The molecule has 1 aliphatic rings. The van der Waals surface area contributed by atoms with Crippen LogP contribution in [-0.4, -0.2) is 16.1 Å². The lowest BCUT2D eigenvalue weighted by molar-refractivity contribution is 0.345. The Morgan fingerprint density at radius 1 is 1.14 bits per heavy atom. The van der Waals surface area contributed by atoms with Crippen LogP contribution in [0.5, 0.6) is 0 Å². The molecule has 1 heterocycles. The lowest BCUT2D eigenvalue weighted by Crippen LogP contribution is -2.37. The maximum atomic E-state index is 6.27. The number of fused-ring (bicyclic) bond motifs is 1. The first kappa shape index (κ1) is 14.6. The van der Waals surface area contributed by atoms with E-state index < -0.39 is 0 Å². The van der Waals surface area contributed by atoms with Crippen molar-refractivity contribution >= 4 is 11.0 Å². The molecule has 1 aliphatic carbocycles. The van der Waals surface area contributed by atoms with E-state index >= 15 is 0 Å². The Labute approximate surface area is 127 Å². The van der Waals surface area contributed by atoms with Crippen molar-refractivity contribution in [3.8, 4) is 0 Å². The summed E-state index contributed by atoms with van der Waals surface area (Å²) in [6.07, 6.45) is 8.77. The third-order valence-electron chi connectivity index (χ3n) is 5.03. The van der Waals surface area contributed by atoms with Gasteiger partial charge in [0.15, 0.2) is 0 Å². The van der Waals surface area contributed by atoms with Gasteiger partial charge in [0.05, 0.1) is 11.0 Å². The minimum Gasteiger partial charge on any atom is -0.329 e. The van der Waals surface area contributed by atoms with Gasteiger partial charge in [0.1, 0.15) is 5.82 Å². The fourth-order valence-electron chi connectivity index (χ4n) is 3.85. The monoisotopic (exact) mass is 285 g/mol. The van der Waals surface area contributed by atoms with E-state index in [9.17, 15) is 0 Å². The predicted octanol–water partition coefficient (Wildman–Crippen LogP) is 4.00. The molecule has 3 rings (SSSR count). The van der Waals surface area contributed by atoms with E-state index in [1.807, 2.05) is 0 Å². The van der Waals surface area contributed by atoms with Crippen LogP contribution in [0.4, 0.5) is 0 Å². The van der Waals surface area contributed by atoms with Gasteiger partial charge in [-0.25, -0.2) is 4.98 Å². The number of imidazole rings is 1. The summed E-state index contributed by atoms with van der Waals surface area (Å²) in [5.74, 6) is 1.25. The van der Waals surface area contributed by atoms with E-state index in [2.05, 4.69) is 35.8 Å². The molecule has 0 unspecified atom stereocenters. The molecule has 0 amide bonds. The maximum absolute atomic E-state index is 6.27. The quantitative estimate of drug-likeness (QED) is 0.863. The Hall–Kier alpha value is -1.35. The fraction of sp³-hybridized carbons (Fsp3) is 0.611. The number of nitrogens with zero attached hydrogens (tertiary/aromatic N) is 2. The highest BCUT2D eigenvalue weighted by atomic mass is 15.1. The van der Waals surface area contributed by atoms with Crippen molar-refractivity contribution in [3.63, 3.8) is 0 Å². The first-order chi connectivity index (χ1) is 10.3. The third kappa shape index (κ3) is 2.59. The Morgan fingerprint density at radius 3 is 2.52 bits per heavy atom. The predicted molar refractivity (Wildman–Crippen MR) is 88.5 cm³/mol. The molecule has 21 heavy (non-hydrogen) atoms. The number of para-hydroxylation sites is 2. The summed E-state index contributed by atoms with van der Waals surface area (Å²) in [5.41, 5.74) is 8.75. The molecule has 3 heteroatoms. The van der Waals surface area contributed by atoms with Crippen molar-refractivity contribution in [2.75, 3.05) is 6.54 Å². The number of nitrogens with two attached hydrogens (primary N) is 1. The van der Waals surface area contributed by atoms with Crippen LogP contribution in [0.3, 0.4) is 0 Å². The zero-order valence-corrected chi connectivity index (χ0v) is 13.1. The van der Waals surface area contributed by atoms with Crippen LogP contribution in [0.25, 0.3) is 11.0 Å². The van der Waals surface area contributed by atoms with Gasteiger partial charge in [0.2, 0.25) is 0 Å². The molecule has 0 bridgehead atoms. The van der Waals surface area contributed by atoms with E-state index in [0.717, 1.165) is 25.0 Å². The molecule has 1 aromatic heterocycles. The molecule has 1 saturated carbocycles. The molecular weight excluding hydrogens is 258 g/mol. The highest BCUT2D eigenvalue weighted by Gasteiger charge is 2.36. The minimum absolute atomic E-state index is 0.0880.